The van der Waals surface area contributed by atoms with E-state index in [1.165, 1.54) is 18.3 Å². The number of nitrogens with two attached hydrogens (primary N) is 1. The molecule has 0 unspecified atom stereocenters. The van der Waals surface area contributed by atoms with Crippen molar-refractivity contribution in [2.24, 2.45) is 0 Å². The third-order valence-electron chi connectivity index (χ3n) is 3.03. The summed E-state index contributed by atoms with van der Waals surface area (Å²) >= 11 is 0. The molecule has 1 amide bonds. The molecule has 1 aromatic heterocycles. The van der Waals surface area contributed by atoms with E-state index in [0.29, 0.717) is 5.69 Å². The molecular weight excluding hydrogens is 274 g/mol. The summed E-state index contributed by atoms with van der Waals surface area (Å²) in [6.45, 7) is 5.03. The first-order valence-electron chi connectivity index (χ1n) is 6.66. The highest BCUT2D eigenvalue weighted by molar-refractivity contribution is 5.81. The van der Waals surface area contributed by atoms with Gasteiger partial charge in [-0.2, -0.15) is 0 Å². The first kappa shape index (κ1) is 16.7. The molecule has 0 spiro atoms. The van der Waals surface area contributed by atoms with Gasteiger partial charge in [-0.05, 0) is 26.3 Å². The van der Waals surface area contributed by atoms with E-state index < -0.39 is 5.97 Å². The van der Waals surface area contributed by atoms with Gasteiger partial charge in [0.05, 0.1) is 0 Å². The van der Waals surface area contributed by atoms with E-state index in [0.717, 1.165) is 11.0 Å². The van der Waals surface area contributed by atoms with Crippen LogP contribution in [0.4, 0.5) is 5.69 Å². The number of hydrogen-bond acceptors (Lipinski definition) is 5. The second-order valence-corrected chi connectivity index (χ2v) is 5.37. The van der Waals surface area contributed by atoms with E-state index in [1.54, 1.807) is 0 Å². The number of carbonyl (C=O) groups excluding carboxylic acids is 2. The molecule has 3 N–H and O–H groups in total. The zero-order chi connectivity index (χ0) is 16.0. The zero-order valence-electron chi connectivity index (χ0n) is 12.5. The Morgan fingerprint density at radius 1 is 1.38 bits per heavy atom. The Hall–Kier alpha value is -2.31. The highest BCUT2D eigenvalue weighted by atomic mass is 16.5. The Labute approximate surface area is 123 Å². The maximum Gasteiger partial charge on any atom is 0.326 e. The molecule has 0 saturated carbocycles. The topological polar surface area (TPSA) is 103 Å². The van der Waals surface area contributed by atoms with Crippen molar-refractivity contribution in [1.29, 1.82) is 0 Å². The van der Waals surface area contributed by atoms with Gasteiger partial charge in [-0.15, -0.1) is 0 Å². The number of anilines is 1. The third-order valence-corrected chi connectivity index (χ3v) is 3.03. The van der Waals surface area contributed by atoms with Gasteiger partial charge in [0, 0.05) is 23.5 Å². The van der Waals surface area contributed by atoms with E-state index in [1.807, 2.05) is 20.8 Å². The molecule has 7 nitrogen and oxygen atoms in total. The minimum Gasteiger partial charge on any atom is -0.454 e. The second kappa shape index (κ2) is 6.92. The average molecular weight is 295 g/mol. The molecule has 116 valence electrons. The van der Waals surface area contributed by atoms with E-state index in [9.17, 15) is 14.4 Å². The van der Waals surface area contributed by atoms with Gasteiger partial charge in [0.2, 0.25) is 0 Å². The lowest BCUT2D eigenvalue weighted by Crippen LogP contribution is -2.44. The van der Waals surface area contributed by atoms with Crippen molar-refractivity contribution in [1.82, 2.24) is 9.88 Å². The number of nitrogens with one attached hydrogen (secondary N) is 1. The SMILES string of the molecule is CCC(C)(C)NC(=O)COC(=O)Cn1cc(N)ccc1=O. The number of pyridine rings is 1. The second-order valence-electron chi connectivity index (χ2n) is 5.37. The van der Waals surface area contributed by atoms with Gasteiger partial charge in [-0.1, -0.05) is 6.92 Å². The smallest absolute Gasteiger partial charge is 0.326 e. The number of carbonyl (C=O) groups is 2. The molecule has 7 heteroatoms. The number of ether oxygens (including phenoxy) is 1. The van der Waals surface area contributed by atoms with Crippen molar-refractivity contribution in [3.8, 4) is 0 Å². The number of rotatable bonds is 6. The summed E-state index contributed by atoms with van der Waals surface area (Å²) < 4.78 is 5.97. The van der Waals surface area contributed by atoms with Crippen molar-refractivity contribution < 1.29 is 14.3 Å². The molecule has 0 aliphatic carbocycles. The van der Waals surface area contributed by atoms with Gasteiger partial charge in [-0.3, -0.25) is 14.4 Å². The Bertz CT molecular complexity index is 578. The number of nitrogens with zero attached hydrogens (tertiary/aromatic N) is 1. The van der Waals surface area contributed by atoms with Crippen LogP contribution < -0.4 is 16.6 Å². The van der Waals surface area contributed by atoms with Gasteiger partial charge in [0.15, 0.2) is 6.61 Å². The zero-order valence-corrected chi connectivity index (χ0v) is 12.5. The monoisotopic (exact) mass is 295 g/mol. The highest BCUT2D eigenvalue weighted by Gasteiger charge is 2.18. The molecule has 0 aliphatic heterocycles. The van der Waals surface area contributed by atoms with E-state index in [-0.39, 0.29) is 30.2 Å². The molecule has 0 radical (unpaired) electrons. The quantitative estimate of drug-likeness (QED) is 0.734. The predicted molar refractivity (Wildman–Crippen MR) is 78.6 cm³/mol. The Morgan fingerprint density at radius 3 is 2.67 bits per heavy atom. The van der Waals surface area contributed by atoms with Crippen molar-refractivity contribution in [3.05, 3.63) is 28.7 Å². The summed E-state index contributed by atoms with van der Waals surface area (Å²) in [6.07, 6.45) is 2.11. The van der Waals surface area contributed by atoms with Crippen molar-refractivity contribution in [3.63, 3.8) is 0 Å². The Kier molecular flexibility index (Phi) is 5.52. The first-order valence-corrected chi connectivity index (χ1v) is 6.66. The van der Waals surface area contributed by atoms with E-state index in [4.69, 9.17) is 10.5 Å². The number of aromatic nitrogens is 1. The largest absolute Gasteiger partial charge is 0.454 e. The van der Waals surface area contributed by atoms with Crippen molar-refractivity contribution in [2.75, 3.05) is 12.3 Å². The number of nitrogen functional groups attached to an aromatic ring is 1. The summed E-state index contributed by atoms with van der Waals surface area (Å²) in [6, 6.07) is 2.71. The summed E-state index contributed by atoms with van der Waals surface area (Å²) in [7, 11) is 0. The molecule has 0 atom stereocenters. The predicted octanol–water partition coefficient (Wildman–Crippen LogP) is 0.279. The van der Waals surface area contributed by atoms with Gasteiger partial charge in [0.25, 0.3) is 11.5 Å². The highest BCUT2D eigenvalue weighted by Crippen LogP contribution is 2.06. The molecule has 0 fully saturated rings. The van der Waals surface area contributed by atoms with Crippen LogP contribution in [0.3, 0.4) is 0 Å². The number of esters is 1. The van der Waals surface area contributed by atoms with Gasteiger partial charge < -0.3 is 20.4 Å². The number of amides is 1. The lowest BCUT2D eigenvalue weighted by molar-refractivity contribution is -0.149. The number of hydrogen-bond donors (Lipinski definition) is 2. The molecule has 0 saturated heterocycles. The van der Waals surface area contributed by atoms with Crippen LogP contribution in [0.1, 0.15) is 27.2 Å². The van der Waals surface area contributed by atoms with Crippen LogP contribution in [0.15, 0.2) is 23.1 Å². The summed E-state index contributed by atoms with van der Waals surface area (Å²) in [5, 5.41) is 2.74. The average Bonchev–Trinajstić information content (AvgIpc) is 2.40. The lowest BCUT2D eigenvalue weighted by atomic mass is 10.0. The van der Waals surface area contributed by atoms with Gasteiger partial charge in [0.1, 0.15) is 6.54 Å². The van der Waals surface area contributed by atoms with E-state index in [2.05, 4.69) is 5.32 Å². The fourth-order valence-electron chi connectivity index (χ4n) is 1.51. The minimum atomic E-state index is -0.674. The summed E-state index contributed by atoms with van der Waals surface area (Å²) in [5.41, 5.74) is 5.18. The maximum atomic E-state index is 11.6. The van der Waals surface area contributed by atoms with Crippen LogP contribution in [-0.4, -0.2) is 28.6 Å². The fraction of sp³-hybridized carbons (Fsp3) is 0.500. The molecule has 1 aromatic rings. The summed E-state index contributed by atoms with van der Waals surface area (Å²) in [5.74, 6) is -1.05. The first-order chi connectivity index (χ1) is 9.73. The standard InChI is InChI=1S/C14H21N3O4/c1-4-14(2,3)16-11(18)9-21-13(20)8-17-7-10(15)5-6-12(17)19/h5-7H,4,8-9,15H2,1-3H3,(H,16,18). The lowest BCUT2D eigenvalue weighted by Gasteiger charge is -2.24. The normalized spacial score (nSPS) is 11.0. The molecule has 0 aromatic carbocycles. The molecular formula is C14H21N3O4. The molecule has 1 rings (SSSR count). The maximum absolute atomic E-state index is 11.6. The molecule has 21 heavy (non-hydrogen) atoms. The van der Waals surface area contributed by atoms with Crippen LogP contribution in [-0.2, 0) is 20.9 Å². The van der Waals surface area contributed by atoms with Crippen LogP contribution >= 0.6 is 0 Å². The van der Waals surface area contributed by atoms with Gasteiger partial charge in [-0.25, -0.2) is 0 Å². The third kappa shape index (κ3) is 5.68. The molecule has 0 aliphatic rings. The minimum absolute atomic E-state index is 0.283. The fourth-order valence-corrected chi connectivity index (χ4v) is 1.51. The molecule has 1 heterocycles. The van der Waals surface area contributed by atoms with E-state index >= 15 is 0 Å². The van der Waals surface area contributed by atoms with Crippen LogP contribution in [0, 0.1) is 0 Å². The van der Waals surface area contributed by atoms with Crippen LogP contribution in [0.2, 0.25) is 0 Å². The van der Waals surface area contributed by atoms with Crippen LogP contribution in [0.25, 0.3) is 0 Å². The van der Waals surface area contributed by atoms with Crippen molar-refractivity contribution in [2.45, 2.75) is 39.3 Å². The Balaban J connectivity index is 2.50. The van der Waals surface area contributed by atoms with Crippen LogP contribution in [0.5, 0.6) is 0 Å². The van der Waals surface area contributed by atoms with Crippen molar-refractivity contribution >= 4 is 17.6 Å². The summed E-state index contributed by atoms with van der Waals surface area (Å²) in [4.78, 5) is 34.7. The van der Waals surface area contributed by atoms with Gasteiger partial charge >= 0.3 is 5.97 Å². The molecule has 0 bridgehead atoms. The Morgan fingerprint density at radius 2 is 2.05 bits per heavy atom.